The number of imide groups is 1. The van der Waals surface area contributed by atoms with E-state index >= 15 is 0 Å². The first-order valence-corrected chi connectivity index (χ1v) is 12.1. The van der Waals surface area contributed by atoms with E-state index in [2.05, 4.69) is 0 Å². The summed E-state index contributed by atoms with van der Waals surface area (Å²) < 4.78 is 5.40. The number of carbonyl (C=O) groups excluding carboxylic acids is 4. The highest BCUT2D eigenvalue weighted by atomic mass is 35.5. The van der Waals surface area contributed by atoms with E-state index < -0.39 is 23.7 Å². The van der Waals surface area contributed by atoms with Crippen molar-refractivity contribution in [3.63, 3.8) is 0 Å². The Morgan fingerprint density at radius 1 is 1.17 bits per heavy atom. The molecule has 1 aliphatic heterocycles. The second kappa shape index (κ2) is 12.0. The number of methoxy groups -OCH3 is 1. The van der Waals surface area contributed by atoms with Crippen molar-refractivity contribution < 1.29 is 23.9 Å². The molecule has 0 N–H and O–H groups in total. The van der Waals surface area contributed by atoms with Crippen LogP contribution >= 0.6 is 11.6 Å². The molecule has 35 heavy (non-hydrogen) atoms. The molecule has 186 valence electrons. The van der Waals surface area contributed by atoms with Crippen LogP contribution in [-0.4, -0.2) is 49.1 Å². The first kappa shape index (κ1) is 26.4. The highest BCUT2D eigenvalue weighted by molar-refractivity contribution is 6.30. The zero-order valence-electron chi connectivity index (χ0n) is 20.3. The van der Waals surface area contributed by atoms with Crippen molar-refractivity contribution in [2.45, 2.75) is 39.0 Å². The summed E-state index contributed by atoms with van der Waals surface area (Å²) in [4.78, 5) is 54.7. The molecule has 2 aromatic rings. The van der Waals surface area contributed by atoms with Crippen molar-refractivity contribution in [2.24, 2.45) is 11.8 Å². The third-order valence-electron chi connectivity index (χ3n) is 6.47. The maximum atomic E-state index is 13.4. The van der Waals surface area contributed by atoms with Gasteiger partial charge >= 0.3 is 0 Å². The molecule has 1 fully saturated rings. The topological polar surface area (TPSA) is 84.0 Å². The number of benzene rings is 2. The fraction of sp³-hybridized carbons (Fsp3) is 0.407. The van der Waals surface area contributed by atoms with Gasteiger partial charge in [-0.3, -0.25) is 24.1 Å². The molecule has 3 rings (SSSR count). The molecule has 0 aromatic heterocycles. The predicted octanol–water partition coefficient (Wildman–Crippen LogP) is 4.30. The summed E-state index contributed by atoms with van der Waals surface area (Å²) >= 11 is 6.14. The molecule has 0 bridgehead atoms. The number of hydrogen-bond donors (Lipinski definition) is 0. The Morgan fingerprint density at radius 2 is 1.89 bits per heavy atom. The van der Waals surface area contributed by atoms with Gasteiger partial charge in [-0.25, -0.2) is 0 Å². The van der Waals surface area contributed by atoms with Crippen LogP contribution in [0, 0.1) is 11.8 Å². The molecule has 3 amide bonds. The van der Waals surface area contributed by atoms with Crippen LogP contribution in [0.4, 0.5) is 5.69 Å². The first-order chi connectivity index (χ1) is 16.7. The van der Waals surface area contributed by atoms with Gasteiger partial charge in [0.15, 0.2) is 5.78 Å². The van der Waals surface area contributed by atoms with Gasteiger partial charge in [-0.2, -0.15) is 0 Å². The quantitative estimate of drug-likeness (QED) is 0.541. The summed E-state index contributed by atoms with van der Waals surface area (Å²) in [6.07, 6.45) is 1.13. The van der Waals surface area contributed by atoms with Gasteiger partial charge < -0.3 is 9.64 Å². The van der Waals surface area contributed by atoms with Crippen molar-refractivity contribution >= 4 is 40.8 Å². The van der Waals surface area contributed by atoms with E-state index in [9.17, 15) is 19.2 Å². The van der Waals surface area contributed by atoms with Crippen LogP contribution < -0.4 is 9.64 Å². The molecule has 0 radical (unpaired) electrons. The SMILES string of the molecule is CC[C@@H](CC(=O)N1CC(=O)CCC(Cc2cc(Cl)ccc2OC)C1=O)C(=O)N(C)c1ccccc1. The highest BCUT2D eigenvalue weighted by Crippen LogP contribution is 2.29. The van der Waals surface area contributed by atoms with Crippen LogP contribution in [0.25, 0.3) is 0 Å². The predicted molar refractivity (Wildman–Crippen MR) is 134 cm³/mol. The molecule has 1 unspecified atom stereocenters. The smallest absolute Gasteiger partial charge is 0.233 e. The van der Waals surface area contributed by atoms with E-state index in [1.807, 2.05) is 37.3 Å². The normalized spacial score (nSPS) is 17.0. The first-order valence-electron chi connectivity index (χ1n) is 11.8. The zero-order chi connectivity index (χ0) is 25.5. The number of para-hydroxylation sites is 1. The van der Waals surface area contributed by atoms with E-state index in [4.69, 9.17) is 16.3 Å². The van der Waals surface area contributed by atoms with Gasteiger partial charge in [0, 0.05) is 42.4 Å². The van der Waals surface area contributed by atoms with Crippen LogP contribution in [0.3, 0.4) is 0 Å². The molecule has 7 nitrogen and oxygen atoms in total. The molecule has 0 aliphatic carbocycles. The van der Waals surface area contributed by atoms with Gasteiger partial charge in [0.05, 0.1) is 13.7 Å². The van der Waals surface area contributed by atoms with Gasteiger partial charge in [-0.05, 0) is 55.2 Å². The molecule has 8 heteroatoms. The Bertz CT molecular complexity index is 1090. The highest BCUT2D eigenvalue weighted by Gasteiger charge is 2.36. The molecule has 2 atom stereocenters. The van der Waals surface area contributed by atoms with E-state index in [1.165, 1.54) is 12.0 Å². The third-order valence-corrected chi connectivity index (χ3v) is 6.70. The van der Waals surface area contributed by atoms with E-state index in [1.54, 1.807) is 25.2 Å². The lowest BCUT2D eigenvalue weighted by atomic mass is 9.93. The standard InChI is InChI=1S/C27H31ClN2O5/c1-4-18(26(33)29(2)22-8-6-5-7-9-22)16-25(32)30-17-23(31)12-10-19(27(30)34)14-20-15-21(28)11-13-24(20)35-3/h5-9,11,13,15,18-19H,4,10,12,14,16-17H2,1-3H3/t18-,19?/m0/s1. The van der Waals surface area contributed by atoms with Gasteiger partial charge in [0.2, 0.25) is 17.7 Å². The number of nitrogens with zero attached hydrogens (tertiary/aromatic N) is 2. The van der Waals surface area contributed by atoms with Crippen molar-refractivity contribution in [1.82, 2.24) is 4.90 Å². The number of amides is 3. The van der Waals surface area contributed by atoms with Gasteiger partial charge in [-0.1, -0.05) is 36.7 Å². The molecule has 0 spiro atoms. The van der Waals surface area contributed by atoms with Crippen LogP contribution in [0.1, 0.15) is 38.2 Å². The van der Waals surface area contributed by atoms with Crippen LogP contribution in [0.2, 0.25) is 5.02 Å². The van der Waals surface area contributed by atoms with Crippen molar-refractivity contribution in [2.75, 3.05) is 25.6 Å². The molecule has 0 saturated carbocycles. The lowest BCUT2D eigenvalue weighted by Crippen LogP contribution is -2.44. The second-order valence-corrected chi connectivity index (χ2v) is 9.23. The number of anilines is 1. The molecular formula is C27H31ClN2O5. The number of halogens is 1. The van der Waals surface area contributed by atoms with E-state index in [0.717, 1.165) is 16.2 Å². The fourth-order valence-electron chi connectivity index (χ4n) is 4.36. The minimum atomic E-state index is -0.606. The Balaban J connectivity index is 1.77. The second-order valence-electron chi connectivity index (χ2n) is 8.79. The number of hydrogen-bond acceptors (Lipinski definition) is 5. The molecule has 1 aliphatic rings. The number of ketones is 1. The van der Waals surface area contributed by atoms with Gasteiger partial charge in [0.25, 0.3) is 0 Å². The number of Topliss-reactive ketones (excluding diaryl/α,β-unsaturated/α-hetero) is 1. The van der Waals surface area contributed by atoms with Crippen molar-refractivity contribution in [1.29, 1.82) is 0 Å². The Kier molecular flexibility index (Phi) is 9.04. The summed E-state index contributed by atoms with van der Waals surface area (Å²) in [6, 6.07) is 14.3. The van der Waals surface area contributed by atoms with Crippen LogP contribution in [0.15, 0.2) is 48.5 Å². The third kappa shape index (κ3) is 6.48. The van der Waals surface area contributed by atoms with E-state index in [-0.39, 0.29) is 31.1 Å². The van der Waals surface area contributed by atoms with Crippen LogP contribution in [0.5, 0.6) is 5.75 Å². The molecule has 1 heterocycles. The van der Waals surface area contributed by atoms with Gasteiger partial charge in [-0.15, -0.1) is 0 Å². The Labute approximate surface area is 211 Å². The minimum absolute atomic E-state index is 0.140. The summed E-state index contributed by atoms with van der Waals surface area (Å²) in [5.41, 5.74) is 1.46. The number of rotatable bonds is 8. The maximum absolute atomic E-state index is 13.4. The van der Waals surface area contributed by atoms with Gasteiger partial charge in [0.1, 0.15) is 5.75 Å². The average molecular weight is 499 g/mol. The summed E-state index contributed by atoms with van der Waals surface area (Å²) in [5.74, 6) is -1.87. The van der Waals surface area contributed by atoms with Crippen molar-refractivity contribution in [3.05, 3.63) is 59.1 Å². The lowest BCUT2D eigenvalue weighted by molar-refractivity contribution is -0.150. The largest absolute Gasteiger partial charge is 0.496 e. The van der Waals surface area contributed by atoms with E-state index in [0.29, 0.717) is 30.0 Å². The summed E-state index contributed by atoms with van der Waals surface area (Å²) in [6.45, 7) is 1.57. The van der Waals surface area contributed by atoms with Crippen molar-refractivity contribution in [3.8, 4) is 5.75 Å². The molecule has 1 saturated heterocycles. The summed E-state index contributed by atoms with van der Waals surface area (Å²) in [5, 5.41) is 0.512. The molecule has 2 aromatic carbocycles. The molecular weight excluding hydrogens is 468 g/mol. The minimum Gasteiger partial charge on any atom is -0.496 e. The number of ether oxygens (including phenoxy) is 1. The maximum Gasteiger partial charge on any atom is 0.233 e. The van der Waals surface area contributed by atoms with Crippen LogP contribution in [-0.2, 0) is 25.6 Å². The fourth-order valence-corrected chi connectivity index (χ4v) is 4.56. The lowest BCUT2D eigenvalue weighted by Gasteiger charge is -2.26. The Hall–Kier alpha value is -3.19. The Morgan fingerprint density at radius 3 is 2.54 bits per heavy atom. The monoisotopic (exact) mass is 498 g/mol. The number of carbonyl (C=O) groups is 4. The summed E-state index contributed by atoms with van der Waals surface area (Å²) in [7, 11) is 3.20. The average Bonchev–Trinajstić information content (AvgIpc) is 3.00. The zero-order valence-corrected chi connectivity index (χ0v) is 21.1. The number of likely N-dealkylation sites (tertiary alicyclic amines) is 1.